The first-order valence-electron chi connectivity index (χ1n) is 7.47. The Bertz CT molecular complexity index is 501. The topological polar surface area (TPSA) is 64.3 Å². The lowest BCUT2D eigenvalue weighted by atomic mass is 9.85. The first kappa shape index (κ1) is 13.6. The van der Waals surface area contributed by atoms with Crippen molar-refractivity contribution in [1.82, 2.24) is 5.32 Å². The van der Waals surface area contributed by atoms with Gasteiger partial charge in [0, 0.05) is 18.2 Å². The number of carbonyl (C=O) groups is 1. The minimum absolute atomic E-state index is 0.00234. The Hall–Kier alpha value is -1.39. The third-order valence-electron chi connectivity index (χ3n) is 4.48. The van der Waals surface area contributed by atoms with Gasteiger partial charge in [0.15, 0.2) is 0 Å². The summed E-state index contributed by atoms with van der Waals surface area (Å²) in [4.78, 5) is 12.2. The average Bonchev–Trinajstić information content (AvgIpc) is 2.93. The number of hydrogen-bond donors (Lipinski definition) is 2. The van der Waals surface area contributed by atoms with Gasteiger partial charge in [-0.3, -0.25) is 4.79 Å². The summed E-state index contributed by atoms with van der Waals surface area (Å²) in [6.45, 7) is 1.96. The van der Waals surface area contributed by atoms with Crippen molar-refractivity contribution in [2.24, 2.45) is 11.7 Å². The molecule has 0 aromatic heterocycles. The molecule has 3 rings (SSSR count). The fourth-order valence-electron chi connectivity index (χ4n) is 3.13. The van der Waals surface area contributed by atoms with E-state index < -0.39 is 0 Å². The van der Waals surface area contributed by atoms with Gasteiger partial charge in [0.1, 0.15) is 0 Å². The third kappa shape index (κ3) is 2.86. The molecule has 1 aromatic rings. The van der Waals surface area contributed by atoms with Gasteiger partial charge in [0.25, 0.3) is 5.91 Å². The number of rotatable bonds is 3. The van der Waals surface area contributed by atoms with Crippen LogP contribution < -0.4 is 11.1 Å². The highest BCUT2D eigenvalue weighted by Crippen LogP contribution is 2.23. The van der Waals surface area contributed by atoms with Gasteiger partial charge in [-0.1, -0.05) is 18.9 Å². The van der Waals surface area contributed by atoms with Gasteiger partial charge in [-0.25, -0.2) is 0 Å². The maximum absolute atomic E-state index is 12.2. The standard InChI is InChI=1S/C16H22N2O2/c17-15-4-2-1-3-12(15)8-18-16(19)11-5-6-13-9-20-10-14(13)7-11/h5-7,12,15H,1-4,8-10,17H2,(H,18,19). The van der Waals surface area contributed by atoms with E-state index in [9.17, 15) is 4.79 Å². The normalized spacial score (nSPS) is 25.2. The SMILES string of the molecule is NC1CCCCC1CNC(=O)c1ccc2c(c1)COC2. The number of nitrogens with two attached hydrogens (primary N) is 1. The highest BCUT2D eigenvalue weighted by atomic mass is 16.5. The average molecular weight is 274 g/mol. The number of ether oxygens (including phenoxy) is 1. The molecule has 3 N–H and O–H groups in total. The van der Waals surface area contributed by atoms with Crippen LogP contribution in [0.5, 0.6) is 0 Å². The molecule has 4 heteroatoms. The molecule has 1 aromatic carbocycles. The Morgan fingerprint density at radius 3 is 2.90 bits per heavy atom. The van der Waals surface area contributed by atoms with Crippen molar-refractivity contribution in [3.63, 3.8) is 0 Å². The maximum Gasteiger partial charge on any atom is 0.251 e. The van der Waals surface area contributed by atoms with Gasteiger partial charge in [0.05, 0.1) is 13.2 Å². The van der Waals surface area contributed by atoms with Crippen LogP contribution in [0.1, 0.15) is 47.2 Å². The van der Waals surface area contributed by atoms with Crippen LogP contribution in [0.15, 0.2) is 18.2 Å². The van der Waals surface area contributed by atoms with Crippen LogP contribution in [0.25, 0.3) is 0 Å². The third-order valence-corrected chi connectivity index (χ3v) is 4.48. The minimum Gasteiger partial charge on any atom is -0.372 e. The van der Waals surface area contributed by atoms with Crippen molar-refractivity contribution >= 4 is 5.91 Å². The summed E-state index contributed by atoms with van der Waals surface area (Å²) in [5, 5.41) is 3.03. The molecule has 2 atom stereocenters. The van der Waals surface area contributed by atoms with Gasteiger partial charge >= 0.3 is 0 Å². The second kappa shape index (κ2) is 5.94. The van der Waals surface area contributed by atoms with Crippen molar-refractivity contribution in [2.75, 3.05) is 6.54 Å². The first-order valence-corrected chi connectivity index (χ1v) is 7.47. The summed E-state index contributed by atoms with van der Waals surface area (Å²) >= 11 is 0. The van der Waals surface area contributed by atoms with E-state index in [4.69, 9.17) is 10.5 Å². The summed E-state index contributed by atoms with van der Waals surface area (Å²) in [7, 11) is 0. The lowest BCUT2D eigenvalue weighted by Gasteiger charge is -2.28. The van der Waals surface area contributed by atoms with Crippen LogP contribution in [0.3, 0.4) is 0 Å². The van der Waals surface area contributed by atoms with Crippen molar-refractivity contribution < 1.29 is 9.53 Å². The second-order valence-corrected chi connectivity index (χ2v) is 5.89. The molecular formula is C16H22N2O2. The highest BCUT2D eigenvalue weighted by Gasteiger charge is 2.22. The van der Waals surface area contributed by atoms with Crippen molar-refractivity contribution in [2.45, 2.75) is 44.9 Å². The van der Waals surface area contributed by atoms with Crippen molar-refractivity contribution in [3.8, 4) is 0 Å². The van der Waals surface area contributed by atoms with E-state index in [1.165, 1.54) is 18.4 Å². The smallest absolute Gasteiger partial charge is 0.251 e. The molecule has 1 heterocycles. The predicted molar refractivity (Wildman–Crippen MR) is 77.2 cm³/mol. The summed E-state index contributed by atoms with van der Waals surface area (Å²) in [5.74, 6) is 0.419. The van der Waals surface area contributed by atoms with Gasteiger partial charge < -0.3 is 15.8 Å². The van der Waals surface area contributed by atoms with Crippen LogP contribution in [0.4, 0.5) is 0 Å². The molecule has 0 radical (unpaired) electrons. The Balaban J connectivity index is 1.59. The Morgan fingerprint density at radius 2 is 2.05 bits per heavy atom. The van der Waals surface area contributed by atoms with Crippen LogP contribution in [-0.2, 0) is 18.0 Å². The maximum atomic E-state index is 12.2. The van der Waals surface area contributed by atoms with Gasteiger partial charge in [-0.2, -0.15) is 0 Å². The van der Waals surface area contributed by atoms with Crippen molar-refractivity contribution in [3.05, 3.63) is 34.9 Å². The van der Waals surface area contributed by atoms with Gasteiger partial charge in [0.2, 0.25) is 0 Å². The molecule has 1 saturated carbocycles. The minimum atomic E-state index is -0.00234. The number of carbonyl (C=O) groups excluding carboxylic acids is 1. The molecule has 1 aliphatic carbocycles. The monoisotopic (exact) mass is 274 g/mol. The zero-order valence-electron chi connectivity index (χ0n) is 11.7. The van der Waals surface area contributed by atoms with Crippen molar-refractivity contribution in [1.29, 1.82) is 0 Å². The van der Waals surface area contributed by atoms with Crippen LogP contribution in [0, 0.1) is 5.92 Å². The number of benzene rings is 1. The van der Waals surface area contributed by atoms with E-state index in [0.717, 1.165) is 24.0 Å². The predicted octanol–water partition coefficient (Wildman–Crippen LogP) is 1.96. The fourth-order valence-corrected chi connectivity index (χ4v) is 3.13. The lowest BCUT2D eigenvalue weighted by Crippen LogP contribution is -2.41. The summed E-state index contributed by atoms with van der Waals surface area (Å²) in [6.07, 6.45) is 4.65. The van der Waals surface area contributed by atoms with E-state index in [1.807, 2.05) is 18.2 Å². The second-order valence-electron chi connectivity index (χ2n) is 5.89. The lowest BCUT2D eigenvalue weighted by molar-refractivity contribution is 0.0941. The molecule has 0 spiro atoms. The quantitative estimate of drug-likeness (QED) is 0.885. The Labute approximate surface area is 119 Å². The zero-order valence-corrected chi connectivity index (χ0v) is 11.7. The largest absolute Gasteiger partial charge is 0.372 e. The fraction of sp³-hybridized carbons (Fsp3) is 0.562. The molecule has 108 valence electrons. The Morgan fingerprint density at radius 1 is 1.25 bits per heavy atom. The van der Waals surface area contributed by atoms with E-state index in [1.54, 1.807) is 0 Å². The zero-order chi connectivity index (χ0) is 13.9. The number of hydrogen-bond acceptors (Lipinski definition) is 3. The molecule has 0 saturated heterocycles. The number of nitrogens with one attached hydrogen (secondary N) is 1. The summed E-state index contributed by atoms with van der Waals surface area (Å²) in [5.41, 5.74) is 9.15. The molecule has 1 amide bonds. The van der Waals surface area contributed by atoms with Gasteiger partial charge in [-0.15, -0.1) is 0 Å². The van der Waals surface area contributed by atoms with E-state index in [0.29, 0.717) is 25.7 Å². The van der Waals surface area contributed by atoms with Crippen LogP contribution in [-0.4, -0.2) is 18.5 Å². The van der Waals surface area contributed by atoms with E-state index >= 15 is 0 Å². The van der Waals surface area contributed by atoms with Crippen LogP contribution in [0.2, 0.25) is 0 Å². The van der Waals surface area contributed by atoms with E-state index in [-0.39, 0.29) is 11.9 Å². The summed E-state index contributed by atoms with van der Waals surface area (Å²) < 4.78 is 5.37. The number of amides is 1. The molecule has 20 heavy (non-hydrogen) atoms. The van der Waals surface area contributed by atoms with Gasteiger partial charge in [-0.05, 0) is 42.0 Å². The first-order chi connectivity index (χ1) is 9.74. The molecule has 2 aliphatic rings. The molecule has 2 unspecified atom stereocenters. The molecule has 1 aliphatic heterocycles. The Kier molecular flexibility index (Phi) is 4.03. The molecular weight excluding hydrogens is 252 g/mol. The van der Waals surface area contributed by atoms with E-state index in [2.05, 4.69) is 5.32 Å². The summed E-state index contributed by atoms with van der Waals surface area (Å²) in [6, 6.07) is 6.04. The molecule has 4 nitrogen and oxygen atoms in total. The number of fused-ring (bicyclic) bond motifs is 1. The highest BCUT2D eigenvalue weighted by molar-refractivity contribution is 5.94. The molecule has 1 fully saturated rings. The van der Waals surface area contributed by atoms with Crippen LogP contribution >= 0.6 is 0 Å². The molecule has 0 bridgehead atoms.